The minimum absolute atomic E-state index is 0.0198. The molecule has 1 heterocycles. The molecule has 0 radical (unpaired) electrons. The summed E-state index contributed by atoms with van der Waals surface area (Å²) in [6, 6.07) is 16.1. The third-order valence-electron chi connectivity index (χ3n) is 3.74. The summed E-state index contributed by atoms with van der Waals surface area (Å²) >= 11 is 0. The van der Waals surface area contributed by atoms with Gasteiger partial charge in [0.2, 0.25) is 0 Å². The Labute approximate surface area is 139 Å². The van der Waals surface area contributed by atoms with Crippen LogP contribution in [0.1, 0.15) is 17.3 Å². The molecular formula is C19H17NO4. The molecule has 5 nitrogen and oxygen atoms in total. The Morgan fingerprint density at radius 1 is 1.08 bits per heavy atom. The van der Waals surface area contributed by atoms with E-state index in [1.807, 2.05) is 24.3 Å². The second-order valence-corrected chi connectivity index (χ2v) is 5.18. The van der Waals surface area contributed by atoms with Crippen molar-refractivity contribution in [2.24, 2.45) is 0 Å². The number of nitrogens with zero attached hydrogens (tertiary/aromatic N) is 1. The monoisotopic (exact) mass is 323 g/mol. The quantitative estimate of drug-likeness (QED) is 0.692. The van der Waals surface area contributed by atoms with Gasteiger partial charge in [-0.3, -0.25) is 9.36 Å². The Balaban J connectivity index is 2.29. The average molecular weight is 323 g/mol. The van der Waals surface area contributed by atoms with Crippen molar-refractivity contribution in [2.75, 3.05) is 13.7 Å². The number of rotatable bonds is 4. The summed E-state index contributed by atoms with van der Waals surface area (Å²) in [5.74, 6) is 0.0770. The van der Waals surface area contributed by atoms with Gasteiger partial charge in [-0.2, -0.15) is 0 Å². The van der Waals surface area contributed by atoms with E-state index in [0.29, 0.717) is 11.4 Å². The molecule has 1 aromatic heterocycles. The van der Waals surface area contributed by atoms with Gasteiger partial charge in [0.1, 0.15) is 11.3 Å². The number of pyridine rings is 1. The van der Waals surface area contributed by atoms with E-state index in [9.17, 15) is 9.59 Å². The molecule has 0 aliphatic heterocycles. The normalized spacial score (nSPS) is 10.6. The number of hydrogen-bond donors (Lipinski definition) is 0. The molecule has 0 saturated heterocycles. The van der Waals surface area contributed by atoms with Crippen LogP contribution in [0.3, 0.4) is 0 Å². The van der Waals surface area contributed by atoms with E-state index in [1.54, 1.807) is 44.4 Å². The summed E-state index contributed by atoms with van der Waals surface area (Å²) in [6.07, 6.45) is 0. The van der Waals surface area contributed by atoms with Gasteiger partial charge in [0.15, 0.2) is 0 Å². The van der Waals surface area contributed by atoms with Crippen LogP contribution in [-0.4, -0.2) is 24.3 Å². The first kappa shape index (κ1) is 15.8. The number of aromatic nitrogens is 1. The molecule has 3 rings (SSSR count). The highest BCUT2D eigenvalue weighted by atomic mass is 16.5. The van der Waals surface area contributed by atoms with Crippen LogP contribution >= 0.6 is 0 Å². The number of hydrogen-bond acceptors (Lipinski definition) is 4. The number of benzene rings is 2. The first-order valence-corrected chi connectivity index (χ1v) is 7.62. The number of carbonyl (C=O) groups is 1. The number of methoxy groups -OCH3 is 1. The van der Waals surface area contributed by atoms with E-state index >= 15 is 0 Å². The number of carbonyl (C=O) groups excluding carboxylic acids is 1. The molecule has 0 amide bonds. The minimum Gasteiger partial charge on any atom is -0.497 e. The summed E-state index contributed by atoms with van der Waals surface area (Å²) in [6.45, 7) is 1.93. The third kappa shape index (κ3) is 2.76. The van der Waals surface area contributed by atoms with E-state index < -0.39 is 11.5 Å². The van der Waals surface area contributed by atoms with Crippen molar-refractivity contribution in [2.45, 2.75) is 6.92 Å². The lowest BCUT2D eigenvalue weighted by molar-refractivity contribution is 0.0524. The van der Waals surface area contributed by atoms with Gasteiger partial charge in [0, 0.05) is 5.69 Å². The van der Waals surface area contributed by atoms with E-state index in [-0.39, 0.29) is 12.2 Å². The second-order valence-electron chi connectivity index (χ2n) is 5.18. The second kappa shape index (κ2) is 6.58. The van der Waals surface area contributed by atoms with Gasteiger partial charge < -0.3 is 9.47 Å². The van der Waals surface area contributed by atoms with Gasteiger partial charge in [-0.1, -0.05) is 18.2 Å². The summed E-state index contributed by atoms with van der Waals surface area (Å²) in [4.78, 5) is 25.0. The van der Waals surface area contributed by atoms with Crippen LogP contribution in [-0.2, 0) is 4.74 Å². The summed E-state index contributed by atoms with van der Waals surface area (Å²) < 4.78 is 11.7. The van der Waals surface area contributed by atoms with E-state index in [1.165, 1.54) is 4.57 Å². The van der Waals surface area contributed by atoms with E-state index in [2.05, 4.69) is 0 Å². The number of ether oxygens (including phenoxy) is 2. The standard InChI is InChI=1S/C19H17NO4/c1-3-24-19(22)16-12-13-6-4-5-7-17(13)20(18(16)21)14-8-10-15(23-2)11-9-14/h4-12H,3H2,1-2H3. The topological polar surface area (TPSA) is 57.5 Å². The van der Waals surface area contributed by atoms with Crippen LogP contribution in [0.15, 0.2) is 59.4 Å². The molecule has 0 aliphatic rings. The van der Waals surface area contributed by atoms with Crippen LogP contribution in [0.25, 0.3) is 16.6 Å². The Morgan fingerprint density at radius 3 is 2.46 bits per heavy atom. The van der Waals surface area contributed by atoms with Crippen LogP contribution < -0.4 is 10.3 Å². The smallest absolute Gasteiger partial charge is 0.343 e. The summed E-state index contributed by atoms with van der Waals surface area (Å²) in [7, 11) is 1.58. The molecule has 0 atom stereocenters. The molecule has 0 N–H and O–H groups in total. The average Bonchev–Trinajstić information content (AvgIpc) is 2.61. The highest BCUT2D eigenvalue weighted by Crippen LogP contribution is 2.20. The Hall–Kier alpha value is -3.08. The lowest BCUT2D eigenvalue weighted by atomic mass is 10.1. The van der Waals surface area contributed by atoms with Gasteiger partial charge in [-0.25, -0.2) is 4.79 Å². The Kier molecular flexibility index (Phi) is 4.33. The van der Waals surface area contributed by atoms with Crippen molar-refractivity contribution in [3.05, 3.63) is 70.5 Å². The summed E-state index contributed by atoms with van der Waals surface area (Å²) in [5.41, 5.74) is 0.993. The Bertz CT molecular complexity index is 942. The number of para-hydroxylation sites is 1. The van der Waals surface area contributed by atoms with Crippen LogP contribution in [0.5, 0.6) is 5.75 Å². The summed E-state index contributed by atoms with van der Waals surface area (Å²) in [5, 5.41) is 0.788. The molecule has 3 aromatic rings. The van der Waals surface area contributed by atoms with Gasteiger partial charge in [0.25, 0.3) is 5.56 Å². The molecule has 0 unspecified atom stereocenters. The van der Waals surface area contributed by atoms with E-state index in [0.717, 1.165) is 10.9 Å². The highest BCUT2D eigenvalue weighted by Gasteiger charge is 2.17. The number of fused-ring (bicyclic) bond motifs is 1. The van der Waals surface area contributed by atoms with Gasteiger partial charge in [-0.05, 0) is 48.7 Å². The van der Waals surface area contributed by atoms with Gasteiger partial charge in [0.05, 0.1) is 19.2 Å². The molecule has 0 saturated carbocycles. The molecular weight excluding hydrogens is 306 g/mol. The SMILES string of the molecule is CCOC(=O)c1cc2ccccc2n(-c2ccc(OC)cc2)c1=O. The zero-order valence-electron chi connectivity index (χ0n) is 13.5. The van der Waals surface area contributed by atoms with Crippen LogP contribution in [0.2, 0.25) is 0 Å². The molecule has 0 spiro atoms. The fourth-order valence-corrected chi connectivity index (χ4v) is 2.60. The highest BCUT2D eigenvalue weighted by molar-refractivity contribution is 5.94. The maximum atomic E-state index is 12.9. The van der Waals surface area contributed by atoms with E-state index in [4.69, 9.17) is 9.47 Å². The zero-order chi connectivity index (χ0) is 17.1. The zero-order valence-corrected chi connectivity index (χ0v) is 13.5. The predicted octanol–water partition coefficient (Wildman–Crippen LogP) is 3.18. The van der Waals surface area contributed by atoms with Crippen LogP contribution in [0.4, 0.5) is 0 Å². The van der Waals surface area contributed by atoms with Crippen molar-refractivity contribution < 1.29 is 14.3 Å². The van der Waals surface area contributed by atoms with Crippen molar-refractivity contribution in [1.82, 2.24) is 4.57 Å². The molecule has 0 fully saturated rings. The molecule has 122 valence electrons. The predicted molar refractivity (Wildman–Crippen MR) is 92.1 cm³/mol. The molecule has 5 heteroatoms. The molecule has 0 aliphatic carbocycles. The number of esters is 1. The molecule has 0 bridgehead atoms. The first-order valence-electron chi connectivity index (χ1n) is 7.62. The van der Waals surface area contributed by atoms with Crippen molar-refractivity contribution in [3.63, 3.8) is 0 Å². The minimum atomic E-state index is -0.615. The fraction of sp³-hybridized carbons (Fsp3) is 0.158. The van der Waals surface area contributed by atoms with Crippen molar-refractivity contribution in [1.29, 1.82) is 0 Å². The van der Waals surface area contributed by atoms with Crippen molar-refractivity contribution in [3.8, 4) is 11.4 Å². The van der Waals surface area contributed by atoms with Gasteiger partial charge >= 0.3 is 5.97 Å². The molecule has 2 aromatic carbocycles. The Morgan fingerprint density at radius 2 is 1.79 bits per heavy atom. The largest absolute Gasteiger partial charge is 0.497 e. The van der Waals surface area contributed by atoms with Crippen LogP contribution in [0, 0.1) is 0 Å². The maximum absolute atomic E-state index is 12.9. The third-order valence-corrected chi connectivity index (χ3v) is 3.74. The lowest BCUT2D eigenvalue weighted by Crippen LogP contribution is -2.26. The maximum Gasteiger partial charge on any atom is 0.343 e. The first-order chi connectivity index (χ1) is 11.7. The van der Waals surface area contributed by atoms with Crippen molar-refractivity contribution >= 4 is 16.9 Å². The molecule has 24 heavy (non-hydrogen) atoms. The van der Waals surface area contributed by atoms with Gasteiger partial charge in [-0.15, -0.1) is 0 Å². The fourth-order valence-electron chi connectivity index (χ4n) is 2.60. The lowest BCUT2D eigenvalue weighted by Gasteiger charge is -2.13.